The summed E-state index contributed by atoms with van der Waals surface area (Å²) in [5.41, 5.74) is 7.84. The second kappa shape index (κ2) is 10.9. The molecular formula is C28H26N2O8. The minimum Gasteiger partial charge on any atom is -0.497 e. The molecule has 1 unspecified atom stereocenters. The summed E-state index contributed by atoms with van der Waals surface area (Å²) in [5.74, 6) is 1.29. The maximum absolute atomic E-state index is 13.0. The quantitative estimate of drug-likeness (QED) is 0.342. The van der Waals surface area contributed by atoms with Gasteiger partial charge in [-0.1, -0.05) is 6.07 Å². The first kappa shape index (κ1) is 26.0. The summed E-state index contributed by atoms with van der Waals surface area (Å²) in [6, 6.07) is 15.3. The number of methoxy groups -OCH3 is 5. The van der Waals surface area contributed by atoms with Crippen molar-refractivity contribution in [2.24, 2.45) is 5.73 Å². The molecule has 1 heterocycles. The molecule has 0 aliphatic carbocycles. The lowest BCUT2D eigenvalue weighted by atomic mass is 9.83. The van der Waals surface area contributed by atoms with Gasteiger partial charge in [0.05, 0.1) is 47.0 Å². The Balaban J connectivity index is 1.72. The van der Waals surface area contributed by atoms with Crippen molar-refractivity contribution in [2.75, 3.05) is 35.5 Å². The van der Waals surface area contributed by atoms with Gasteiger partial charge in [-0.2, -0.15) is 5.26 Å². The van der Waals surface area contributed by atoms with Gasteiger partial charge >= 0.3 is 5.97 Å². The molecule has 10 nitrogen and oxygen atoms in total. The van der Waals surface area contributed by atoms with E-state index in [4.69, 9.17) is 38.9 Å². The van der Waals surface area contributed by atoms with Crippen molar-refractivity contribution in [3.63, 3.8) is 0 Å². The van der Waals surface area contributed by atoms with Crippen LogP contribution in [0.4, 0.5) is 0 Å². The fourth-order valence-corrected chi connectivity index (χ4v) is 4.25. The molecule has 1 aliphatic heterocycles. The predicted octanol–water partition coefficient (Wildman–Crippen LogP) is 4.17. The van der Waals surface area contributed by atoms with Gasteiger partial charge in [0.25, 0.3) is 0 Å². The number of carbonyl (C=O) groups excluding carboxylic acids is 1. The van der Waals surface area contributed by atoms with Crippen molar-refractivity contribution in [3.05, 3.63) is 76.7 Å². The number of carbonyl (C=O) groups is 1. The second-order valence-electron chi connectivity index (χ2n) is 8.04. The van der Waals surface area contributed by atoms with Gasteiger partial charge in [0, 0.05) is 17.2 Å². The largest absolute Gasteiger partial charge is 0.497 e. The van der Waals surface area contributed by atoms with Crippen molar-refractivity contribution >= 4 is 5.97 Å². The number of allylic oxidation sites excluding steroid dienone is 1. The van der Waals surface area contributed by atoms with E-state index in [0.29, 0.717) is 45.6 Å². The van der Waals surface area contributed by atoms with Crippen molar-refractivity contribution in [1.82, 2.24) is 0 Å². The third-order valence-corrected chi connectivity index (χ3v) is 6.05. The van der Waals surface area contributed by atoms with E-state index in [0.717, 1.165) is 0 Å². The first-order valence-electron chi connectivity index (χ1n) is 11.3. The molecule has 0 bridgehead atoms. The number of nitrogens with zero attached hydrogens (tertiary/aromatic N) is 1. The summed E-state index contributed by atoms with van der Waals surface area (Å²) in [7, 11) is 7.46. The van der Waals surface area contributed by atoms with Crippen molar-refractivity contribution in [3.8, 4) is 46.3 Å². The normalized spacial score (nSPS) is 13.9. The maximum atomic E-state index is 13.0. The van der Waals surface area contributed by atoms with Gasteiger partial charge in [0.15, 0.2) is 11.5 Å². The Labute approximate surface area is 219 Å². The van der Waals surface area contributed by atoms with Crippen molar-refractivity contribution in [2.45, 2.75) is 5.92 Å². The second-order valence-corrected chi connectivity index (χ2v) is 8.04. The van der Waals surface area contributed by atoms with Crippen LogP contribution in [-0.4, -0.2) is 41.5 Å². The number of esters is 1. The maximum Gasteiger partial charge on any atom is 0.343 e. The summed E-state index contributed by atoms with van der Waals surface area (Å²) in [6.07, 6.45) is 0. The summed E-state index contributed by atoms with van der Waals surface area (Å²) < 4.78 is 38.3. The highest BCUT2D eigenvalue weighted by molar-refractivity contribution is 5.92. The summed E-state index contributed by atoms with van der Waals surface area (Å²) >= 11 is 0. The zero-order valence-corrected chi connectivity index (χ0v) is 21.5. The first-order chi connectivity index (χ1) is 18.4. The van der Waals surface area contributed by atoms with Gasteiger partial charge in [-0.3, -0.25) is 0 Å². The molecule has 3 aromatic rings. The summed E-state index contributed by atoms with van der Waals surface area (Å²) in [5, 5.41) is 9.89. The Bertz CT molecular complexity index is 1430. The van der Waals surface area contributed by atoms with E-state index >= 15 is 0 Å². The van der Waals surface area contributed by atoms with Crippen LogP contribution in [0.5, 0.6) is 40.2 Å². The lowest BCUT2D eigenvalue weighted by molar-refractivity contribution is 0.0733. The Morgan fingerprint density at radius 3 is 2.05 bits per heavy atom. The van der Waals surface area contributed by atoms with E-state index in [2.05, 4.69) is 6.07 Å². The molecule has 0 saturated carbocycles. The molecule has 0 aromatic heterocycles. The predicted molar refractivity (Wildman–Crippen MR) is 136 cm³/mol. The third kappa shape index (κ3) is 4.69. The molecule has 2 N–H and O–H groups in total. The Kier molecular flexibility index (Phi) is 7.48. The Morgan fingerprint density at radius 2 is 1.47 bits per heavy atom. The van der Waals surface area contributed by atoms with Crippen LogP contribution in [0.1, 0.15) is 27.4 Å². The molecule has 4 rings (SSSR count). The van der Waals surface area contributed by atoms with Crippen LogP contribution in [0.15, 0.2) is 60.0 Å². The smallest absolute Gasteiger partial charge is 0.343 e. The molecule has 3 aromatic carbocycles. The fourth-order valence-electron chi connectivity index (χ4n) is 4.25. The van der Waals surface area contributed by atoms with Crippen LogP contribution in [-0.2, 0) is 0 Å². The molecule has 1 atom stereocenters. The molecule has 38 heavy (non-hydrogen) atoms. The third-order valence-electron chi connectivity index (χ3n) is 6.05. The summed E-state index contributed by atoms with van der Waals surface area (Å²) in [4.78, 5) is 13.0. The van der Waals surface area contributed by atoms with E-state index in [1.807, 2.05) is 0 Å². The SMILES string of the molecule is COc1ccc(OC)c(C2C(C#N)=C(N)Oc3cc(OC(=O)c4cc(OC)c(OC)c(OC)c4)ccc32)c1. The Hall–Kier alpha value is -5.04. The molecular weight excluding hydrogens is 492 g/mol. The molecule has 1 aliphatic rings. The topological polar surface area (TPSA) is 131 Å². The van der Waals surface area contributed by atoms with Gasteiger partial charge in [0.1, 0.15) is 34.6 Å². The number of fused-ring (bicyclic) bond motifs is 1. The first-order valence-corrected chi connectivity index (χ1v) is 11.3. The van der Waals surface area contributed by atoms with Crippen LogP contribution in [0.3, 0.4) is 0 Å². The highest BCUT2D eigenvalue weighted by atomic mass is 16.5. The van der Waals surface area contributed by atoms with E-state index in [1.54, 1.807) is 37.4 Å². The number of nitriles is 1. The highest BCUT2D eigenvalue weighted by Crippen LogP contribution is 2.47. The van der Waals surface area contributed by atoms with Crippen LogP contribution >= 0.6 is 0 Å². The lowest BCUT2D eigenvalue weighted by Crippen LogP contribution is -2.21. The zero-order chi connectivity index (χ0) is 27.4. The van der Waals surface area contributed by atoms with Gasteiger partial charge in [-0.15, -0.1) is 0 Å². The molecule has 0 radical (unpaired) electrons. The standard InChI is InChI=1S/C28H26N2O8/c1-32-16-7-9-21(33-2)19(12-16)25-18-8-6-17(13-22(18)38-27(30)20(25)14-29)37-28(31)15-10-23(34-3)26(36-5)24(11-15)35-4/h6-13,25H,30H2,1-5H3. The molecule has 0 saturated heterocycles. The number of benzene rings is 3. The number of rotatable bonds is 8. The van der Waals surface area contributed by atoms with Gasteiger partial charge in [-0.05, 0) is 36.4 Å². The highest BCUT2D eigenvalue weighted by Gasteiger charge is 2.33. The fraction of sp³-hybridized carbons (Fsp3) is 0.214. The van der Waals surface area contributed by atoms with E-state index in [1.165, 1.54) is 46.6 Å². The minimum absolute atomic E-state index is 0.0667. The summed E-state index contributed by atoms with van der Waals surface area (Å²) in [6.45, 7) is 0. The number of hydrogen-bond acceptors (Lipinski definition) is 10. The average molecular weight is 519 g/mol. The minimum atomic E-state index is -0.660. The van der Waals surface area contributed by atoms with Crippen LogP contribution in [0.25, 0.3) is 0 Å². The van der Waals surface area contributed by atoms with Crippen LogP contribution in [0, 0.1) is 11.3 Å². The van der Waals surface area contributed by atoms with Crippen LogP contribution < -0.4 is 38.9 Å². The zero-order valence-electron chi connectivity index (χ0n) is 21.5. The number of ether oxygens (including phenoxy) is 7. The van der Waals surface area contributed by atoms with Crippen molar-refractivity contribution < 1.29 is 38.0 Å². The Morgan fingerprint density at radius 1 is 0.816 bits per heavy atom. The molecule has 0 amide bonds. The molecule has 0 spiro atoms. The average Bonchev–Trinajstić information content (AvgIpc) is 2.94. The van der Waals surface area contributed by atoms with Crippen molar-refractivity contribution in [1.29, 1.82) is 5.26 Å². The van der Waals surface area contributed by atoms with E-state index < -0.39 is 11.9 Å². The monoisotopic (exact) mass is 518 g/mol. The molecule has 10 heteroatoms. The number of nitrogens with two attached hydrogens (primary N) is 1. The molecule has 196 valence electrons. The molecule has 0 fully saturated rings. The van der Waals surface area contributed by atoms with E-state index in [9.17, 15) is 10.1 Å². The van der Waals surface area contributed by atoms with Gasteiger partial charge in [0.2, 0.25) is 11.6 Å². The van der Waals surface area contributed by atoms with E-state index in [-0.39, 0.29) is 22.8 Å². The number of hydrogen-bond donors (Lipinski definition) is 1. The van der Waals surface area contributed by atoms with Gasteiger partial charge in [-0.25, -0.2) is 4.79 Å². The lowest BCUT2D eigenvalue weighted by Gasteiger charge is -2.28. The van der Waals surface area contributed by atoms with Crippen LogP contribution in [0.2, 0.25) is 0 Å². The van der Waals surface area contributed by atoms with Gasteiger partial charge < -0.3 is 38.9 Å².